The second-order valence-electron chi connectivity index (χ2n) is 7.82. The normalized spacial score (nSPS) is 12.7. The molecule has 0 saturated heterocycles. The van der Waals surface area contributed by atoms with Crippen LogP contribution < -0.4 is 10.9 Å². The van der Waals surface area contributed by atoms with Crippen molar-refractivity contribution >= 4 is 29.0 Å². The smallest absolute Gasteiger partial charge is 0.331 e. The number of rotatable bonds is 10. The number of fused-ring (bicyclic) bond motifs is 1. The number of aromatic nitrogens is 4. The van der Waals surface area contributed by atoms with Gasteiger partial charge in [-0.2, -0.15) is 4.98 Å². The maximum absolute atomic E-state index is 12.5. The Hall–Kier alpha value is -3.83. The summed E-state index contributed by atoms with van der Waals surface area (Å²) in [6.07, 6.45) is 1.82. The van der Waals surface area contributed by atoms with Crippen LogP contribution in [0.25, 0.3) is 11.2 Å². The second-order valence-corrected chi connectivity index (χ2v) is 7.82. The summed E-state index contributed by atoms with van der Waals surface area (Å²) in [7, 11) is 1.40. The third-order valence-corrected chi connectivity index (χ3v) is 4.98. The third-order valence-electron chi connectivity index (χ3n) is 4.98. The molecule has 1 aromatic carbocycles. The first kappa shape index (κ1) is 24.8. The molecule has 0 radical (unpaired) electrons. The fourth-order valence-electron chi connectivity index (χ4n) is 3.09. The lowest BCUT2D eigenvalue weighted by Crippen LogP contribution is -2.24. The van der Waals surface area contributed by atoms with Gasteiger partial charge in [-0.05, 0) is 11.1 Å². The van der Waals surface area contributed by atoms with Crippen LogP contribution >= 0.6 is 0 Å². The Balaban J connectivity index is 1.88. The van der Waals surface area contributed by atoms with Crippen LogP contribution in [0.1, 0.15) is 19.4 Å². The first-order valence-corrected chi connectivity index (χ1v) is 10.6. The van der Waals surface area contributed by atoms with Gasteiger partial charge in [0.15, 0.2) is 11.2 Å². The molecule has 1 amide bonds. The van der Waals surface area contributed by atoms with Crippen LogP contribution in [-0.2, 0) is 32.2 Å². The Morgan fingerprint density at radius 1 is 1.26 bits per heavy atom. The van der Waals surface area contributed by atoms with Gasteiger partial charge in [0, 0.05) is 25.6 Å². The Labute approximate surface area is 195 Å². The summed E-state index contributed by atoms with van der Waals surface area (Å²) in [4.78, 5) is 47.8. The van der Waals surface area contributed by atoms with Crippen LogP contribution in [0.2, 0.25) is 0 Å². The lowest BCUT2D eigenvalue weighted by atomic mass is 10.1. The number of hydrogen-bond donors (Lipinski definition) is 3. The van der Waals surface area contributed by atoms with Gasteiger partial charge in [0.05, 0.1) is 12.9 Å². The van der Waals surface area contributed by atoms with Crippen LogP contribution in [0.3, 0.4) is 0 Å². The van der Waals surface area contributed by atoms with Crippen molar-refractivity contribution in [3.05, 3.63) is 64.2 Å². The molecule has 0 bridgehead atoms. The van der Waals surface area contributed by atoms with Crippen LogP contribution in [-0.4, -0.2) is 56.3 Å². The number of methoxy groups -OCH3 is 1. The van der Waals surface area contributed by atoms with Crippen molar-refractivity contribution in [2.75, 3.05) is 19.0 Å². The molecule has 0 spiro atoms. The first-order chi connectivity index (χ1) is 16.3. The number of nitrogens with zero attached hydrogens (tertiary/aromatic N) is 3. The number of imidazole rings is 1. The van der Waals surface area contributed by atoms with Gasteiger partial charge >= 0.3 is 5.97 Å². The van der Waals surface area contributed by atoms with Crippen LogP contribution in [0.15, 0.2) is 53.1 Å². The maximum atomic E-state index is 12.5. The van der Waals surface area contributed by atoms with Crippen LogP contribution in [0.4, 0.5) is 5.95 Å². The molecule has 11 heteroatoms. The summed E-state index contributed by atoms with van der Waals surface area (Å²) in [6.45, 7) is 3.16. The van der Waals surface area contributed by atoms with E-state index in [1.54, 1.807) is 13.8 Å². The predicted molar refractivity (Wildman–Crippen MR) is 124 cm³/mol. The Morgan fingerprint density at radius 3 is 2.65 bits per heavy atom. The molecule has 11 nitrogen and oxygen atoms in total. The molecule has 1 unspecified atom stereocenters. The number of H-pyrrole nitrogens is 1. The largest absolute Gasteiger partial charge is 0.458 e. The van der Waals surface area contributed by atoms with Crippen molar-refractivity contribution < 1.29 is 24.2 Å². The topological polar surface area (TPSA) is 148 Å². The number of ether oxygens (including phenoxy) is 2. The number of aliphatic hydroxyl groups excluding tert-OH is 1. The maximum Gasteiger partial charge on any atom is 0.331 e. The highest BCUT2D eigenvalue weighted by Gasteiger charge is 2.19. The van der Waals surface area contributed by atoms with E-state index in [1.807, 2.05) is 30.3 Å². The van der Waals surface area contributed by atoms with E-state index in [9.17, 15) is 19.5 Å². The second kappa shape index (κ2) is 11.3. The minimum absolute atomic E-state index is 0.0174. The van der Waals surface area contributed by atoms with Crippen molar-refractivity contribution in [1.82, 2.24) is 19.5 Å². The van der Waals surface area contributed by atoms with E-state index in [0.717, 1.165) is 5.56 Å². The van der Waals surface area contributed by atoms with E-state index in [-0.39, 0.29) is 48.7 Å². The van der Waals surface area contributed by atoms with Crippen molar-refractivity contribution in [1.29, 1.82) is 0 Å². The molecule has 34 heavy (non-hydrogen) atoms. The van der Waals surface area contributed by atoms with E-state index >= 15 is 0 Å². The number of carbonyl (C=O) groups excluding carboxylic acids is 2. The zero-order chi connectivity index (χ0) is 24.7. The molecule has 1 atom stereocenters. The number of nitrogens with one attached hydrogen (secondary N) is 2. The van der Waals surface area contributed by atoms with Crippen LogP contribution in [0, 0.1) is 5.92 Å². The SMILES string of the molecule is COC(CO)/C(=C/C(=O)OCc1ccccc1)Cn1cnc2c(=O)[nH]c(NC(=O)C(C)C)nc21. The average Bonchev–Trinajstić information content (AvgIpc) is 3.22. The van der Waals surface area contributed by atoms with Gasteiger partial charge < -0.3 is 19.1 Å². The summed E-state index contributed by atoms with van der Waals surface area (Å²) in [5, 5.41) is 12.3. The Morgan fingerprint density at radius 2 is 2.00 bits per heavy atom. The number of carbonyl (C=O) groups is 2. The standard InChI is InChI=1S/C23H27N5O6/c1-14(2)21(31)26-23-25-20-19(22(32)27-23)24-13-28(20)10-16(17(11-29)33-3)9-18(30)34-12-15-7-5-4-6-8-15/h4-9,13-14,17,29H,10-12H2,1-3H3,(H2,25,26,27,31,32)/b16-9+. The minimum atomic E-state index is -0.802. The van der Waals surface area contributed by atoms with E-state index in [4.69, 9.17) is 9.47 Å². The number of amides is 1. The van der Waals surface area contributed by atoms with E-state index < -0.39 is 17.6 Å². The Kier molecular flexibility index (Phi) is 8.28. The molecule has 3 rings (SSSR count). The van der Waals surface area contributed by atoms with E-state index in [0.29, 0.717) is 5.57 Å². The molecular weight excluding hydrogens is 442 g/mol. The molecule has 0 fully saturated rings. The molecule has 0 aliphatic rings. The van der Waals surface area contributed by atoms with Crippen molar-refractivity contribution in [3.8, 4) is 0 Å². The molecule has 180 valence electrons. The molecule has 0 aliphatic carbocycles. The number of esters is 1. The predicted octanol–water partition coefficient (Wildman–Crippen LogP) is 1.39. The van der Waals surface area contributed by atoms with Crippen molar-refractivity contribution in [2.24, 2.45) is 5.92 Å². The highest BCUT2D eigenvalue weighted by Crippen LogP contribution is 2.15. The van der Waals surface area contributed by atoms with Gasteiger partial charge in [0.25, 0.3) is 5.56 Å². The molecule has 0 aliphatic heterocycles. The number of hydrogen-bond acceptors (Lipinski definition) is 8. The van der Waals surface area contributed by atoms with Gasteiger partial charge in [-0.1, -0.05) is 44.2 Å². The molecule has 3 aromatic rings. The number of benzene rings is 1. The summed E-state index contributed by atoms with van der Waals surface area (Å²) in [5.74, 6) is -1.25. The lowest BCUT2D eigenvalue weighted by Gasteiger charge is -2.17. The van der Waals surface area contributed by atoms with Gasteiger partial charge in [-0.3, -0.25) is 19.9 Å². The zero-order valence-electron chi connectivity index (χ0n) is 19.1. The van der Waals surface area contributed by atoms with Gasteiger partial charge in [0.2, 0.25) is 11.9 Å². The fraction of sp³-hybridized carbons (Fsp3) is 0.348. The average molecular weight is 469 g/mol. The molecule has 3 N–H and O–H groups in total. The highest BCUT2D eigenvalue weighted by molar-refractivity contribution is 5.91. The third kappa shape index (κ3) is 6.15. The number of aromatic amines is 1. The van der Waals surface area contributed by atoms with Gasteiger partial charge in [-0.25, -0.2) is 9.78 Å². The summed E-state index contributed by atoms with van der Waals surface area (Å²) < 4.78 is 12.1. The Bertz CT molecular complexity index is 1230. The molecule has 0 saturated carbocycles. The molecule has 2 aromatic heterocycles. The van der Waals surface area contributed by atoms with Gasteiger partial charge in [-0.15, -0.1) is 0 Å². The fourth-order valence-corrected chi connectivity index (χ4v) is 3.09. The highest BCUT2D eigenvalue weighted by atomic mass is 16.5. The lowest BCUT2D eigenvalue weighted by molar-refractivity contribution is -0.139. The summed E-state index contributed by atoms with van der Waals surface area (Å²) >= 11 is 0. The number of aliphatic hydroxyl groups is 1. The molecule has 2 heterocycles. The van der Waals surface area contributed by atoms with Gasteiger partial charge in [0.1, 0.15) is 12.7 Å². The number of anilines is 1. The van der Waals surface area contributed by atoms with Crippen molar-refractivity contribution in [3.63, 3.8) is 0 Å². The van der Waals surface area contributed by atoms with E-state index in [2.05, 4.69) is 20.3 Å². The van der Waals surface area contributed by atoms with Crippen LogP contribution in [0.5, 0.6) is 0 Å². The monoisotopic (exact) mass is 469 g/mol. The van der Waals surface area contributed by atoms with E-state index in [1.165, 1.54) is 24.1 Å². The van der Waals surface area contributed by atoms with Crippen molar-refractivity contribution in [2.45, 2.75) is 33.1 Å². The molecular formula is C23H27N5O6. The zero-order valence-corrected chi connectivity index (χ0v) is 19.1. The quantitative estimate of drug-likeness (QED) is 0.298. The minimum Gasteiger partial charge on any atom is -0.458 e. The summed E-state index contributed by atoms with van der Waals surface area (Å²) in [6, 6.07) is 9.21. The summed E-state index contributed by atoms with van der Waals surface area (Å²) in [5.41, 5.74) is 0.945. The first-order valence-electron chi connectivity index (χ1n) is 10.6.